The second-order valence-corrected chi connectivity index (χ2v) is 6.96. The molecular weight excluding hydrogens is 240 g/mol. The summed E-state index contributed by atoms with van der Waals surface area (Å²) in [5.41, 5.74) is 1.44. The molecule has 1 rings (SSSR count). The first-order chi connectivity index (χ1) is 8.43. The molecule has 1 aromatic rings. The second-order valence-electron chi connectivity index (χ2n) is 6.96. The smallest absolute Gasteiger partial charge is 0.308 e. The Balaban J connectivity index is 3.51. The molecule has 0 saturated carbocycles. The number of ether oxygens (including phenoxy) is 1. The number of aromatic hydroxyl groups is 1. The highest BCUT2D eigenvalue weighted by atomic mass is 16.5. The lowest BCUT2D eigenvalue weighted by Gasteiger charge is -2.27. The summed E-state index contributed by atoms with van der Waals surface area (Å²) < 4.78 is 5.22. The number of esters is 1. The third-order valence-corrected chi connectivity index (χ3v) is 2.97. The molecule has 0 unspecified atom stereocenters. The largest absolute Gasteiger partial charge is 0.508 e. The Morgan fingerprint density at radius 3 is 1.84 bits per heavy atom. The van der Waals surface area contributed by atoms with Crippen LogP contribution in [0.5, 0.6) is 11.5 Å². The van der Waals surface area contributed by atoms with Gasteiger partial charge in [0.1, 0.15) is 11.5 Å². The molecule has 0 heterocycles. The second kappa shape index (κ2) is 4.87. The zero-order chi connectivity index (χ0) is 15.0. The summed E-state index contributed by atoms with van der Waals surface area (Å²) in [5.74, 6) is 0.218. The SMILES string of the molecule is CC(=O)Oc1cc(O)c(C(C)(C)C)cc1C(C)(C)C. The van der Waals surface area contributed by atoms with Gasteiger partial charge in [-0.05, 0) is 22.5 Å². The van der Waals surface area contributed by atoms with Crippen LogP contribution in [0.15, 0.2) is 12.1 Å². The van der Waals surface area contributed by atoms with Crippen molar-refractivity contribution in [2.24, 2.45) is 0 Å². The van der Waals surface area contributed by atoms with E-state index in [2.05, 4.69) is 20.8 Å². The monoisotopic (exact) mass is 264 g/mol. The summed E-state index contributed by atoms with van der Waals surface area (Å²) in [5, 5.41) is 10.1. The minimum Gasteiger partial charge on any atom is -0.508 e. The number of carbonyl (C=O) groups excluding carboxylic acids is 1. The molecule has 1 aromatic carbocycles. The Hall–Kier alpha value is -1.51. The predicted molar refractivity (Wildman–Crippen MR) is 76.8 cm³/mol. The van der Waals surface area contributed by atoms with Gasteiger partial charge >= 0.3 is 5.97 Å². The highest BCUT2D eigenvalue weighted by molar-refractivity contribution is 5.70. The third-order valence-electron chi connectivity index (χ3n) is 2.97. The molecule has 3 nitrogen and oxygen atoms in total. The molecule has 19 heavy (non-hydrogen) atoms. The minimum absolute atomic E-state index is 0.164. The maximum Gasteiger partial charge on any atom is 0.308 e. The van der Waals surface area contributed by atoms with E-state index in [1.165, 1.54) is 6.92 Å². The molecule has 0 bridgehead atoms. The van der Waals surface area contributed by atoms with E-state index in [-0.39, 0.29) is 22.5 Å². The van der Waals surface area contributed by atoms with Gasteiger partial charge in [0.15, 0.2) is 0 Å². The Labute approximate surface area is 115 Å². The number of phenolic OH excluding ortho intramolecular Hbond substituents is 1. The van der Waals surface area contributed by atoms with Gasteiger partial charge in [-0.25, -0.2) is 0 Å². The lowest BCUT2D eigenvalue weighted by Crippen LogP contribution is -2.18. The summed E-state index contributed by atoms with van der Waals surface area (Å²) in [4.78, 5) is 11.2. The van der Waals surface area contributed by atoms with Gasteiger partial charge in [-0.1, -0.05) is 41.5 Å². The van der Waals surface area contributed by atoms with Crippen molar-refractivity contribution in [2.75, 3.05) is 0 Å². The summed E-state index contributed by atoms with van der Waals surface area (Å²) in [6.45, 7) is 13.7. The fourth-order valence-corrected chi connectivity index (χ4v) is 2.00. The molecule has 0 aliphatic heterocycles. The fourth-order valence-electron chi connectivity index (χ4n) is 2.00. The van der Waals surface area contributed by atoms with Crippen molar-refractivity contribution >= 4 is 5.97 Å². The Morgan fingerprint density at radius 1 is 1.00 bits per heavy atom. The van der Waals surface area contributed by atoms with Gasteiger partial charge in [-0.2, -0.15) is 0 Å². The van der Waals surface area contributed by atoms with Gasteiger partial charge in [0, 0.05) is 18.6 Å². The van der Waals surface area contributed by atoms with Gasteiger partial charge in [0.05, 0.1) is 0 Å². The van der Waals surface area contributed by atoms with E-state index in [9.17, 15) is 9.90 Å². The topological polar surface area (TPSA) is 46.5 Å². The zero-order valence-corrected chi connectivity index (χ0v) is 12.9. The third kappa shape index (κ3) is 3.72. The van der Waals surface area contributed by atoms with E-state index < -0.39 is 0 Å². The Morgan fingerprint density at radius 2 is 1.47 bits per heavy atom. The average molecular weight is 264 g/mol. The van der Waals surface area contributed by atoms with E-state index in [1.807, 2.05) is 26.8 Å². The number of phenols is 1. The van der Waals surface area contributed by atoms with Crippen LogP contribution in [0.3, 0.4) is 0 Å². The van der Waals surface area contributed by atoms with Crippen LogP contribution in [-0.2, 0) is 15.6 Å². The van der Waals surface area contributed by atoms with Gasteiger partial charge in [0.2, 0.25) is 0 Å². The normalized spacial score (nSPS) is 12.4. The highest BCUT2D eigenvalue weighted by Gasteiger charge is 2.26. The molecule has 0 fully saturated rings. The number of benzene rings is 1. The summed E-state index contributed by atoms with van der Waals surface area (Å²) in [6, 6.07) is 3.48. The van der Waals surface area contributed by atoms with Crippen molar-refractivity contribution in [1.82, 2.24) is 0 Å². The van der Waals surface area contributed by atoms with E-state index >= 15 is 0 Å². The van der Waals surface area contributed by atoms with Crippen LogP contribution >= 0.6 is 0 Å². The van der Waals surface area contributed by atoms with Crippen LogP contribution < -0.4 is 4.74 Å². The molecule has 0 amide bonds. The quantitative estimate of drug-likeness (QED) is 0.618. The number of carbonyl (C=O) groups is 1. The zero-order valence-electron chi connectivity index (χ0n) is 12.9. The van der Waals surface area contributed by atoms with Crippen molar-refractivity contribution in [3.63, 3.8) is 0 Å². The van der Waals surface area contributed by atoms with Gasteiger partial charge in [-0.3, -0.25) is 4.79 Å². The Kier molecular flexibility index (Phi) is 3.99. The van der Waals surface area contributed by atoms with Gasteiger partial charge in [0.25, 0.3) is 0 Å². The molecular formula is C16H24O3. The van der Waals surface area contributed by atoms with E-state index in [4.69, 9.17) is 4.74 Å². The molecule has 0 spiro atoms. The van der Waals surface area contributed by atoms with Gasteiger partial charge < -0.3 is 9.84 Å². The predicted octanol–water partition coefficient (Wildman–Crippen LogP) is 3.91. The van der Waals surface area contributed by atoms with Crippen LogP contribution in [0, 0.1) is 0 Å². The van der Waals surface area contributed by atoms with Crippen molar-refractivity contribution < 1.29 is 14.6 Å². The molecule has 0 radical (unpaired) electrons. The molecule has 3 heteroatoms. The Bertz CT molecular complexity index is 488. The molecule has 106 valence electrons. The first kappa shape index (κ1) is 15.5. The maximum absolute atomic E-state index is 11.2. The minimum atomic E-state index is -0.381. The first-order valence-electron chi connectivity index (χ1n) is 6.49. The summed E-state index contributed by atoms with van der Waals surface area (Å²) in [7, 11) is 0. The van der Waals surface area contributed by atoms with Crippen molar-refractivity contribution in [3.05, 3.63) is 23.3 Å². The van der Waals surface area contributed by atoms with Crippen molar-refractivity contribution in [2.45, 2.75) is 59.3 Å². The van der Waals surface area contributed by atoms with Gasteiger partial charge in [-0.15, -0.1) is 0 Å². The number of hydrogen-bond donors (Lipinski definition) is 1. The lowest BCUT2D eigenvalue weighted by molar-refractivity contribution is -0.131. The van der Waals surface area contributed by atoms with E-state index in [0.717, 1.165) is 11.1 Å². The lowest BCUT2D eigenvalue weighted by atomic mass is 9.79. The van der Waals surface area contributed by atoms with E-state index in [1.54, 1.807) is 6.07 Å². The summed E-state index contributed by atoms with van der Waals surface area (Å²) in [6.07, 6.45) is 0. The van der Waals surface area contributed by atoms with Crippen LogP contribution in [-0.4, -0.2) is 11.1 Å². The molecule has 0 atom stereocenters. The number of hydrogen-bond acceptors (Lipinski definition) is 3. The van der Waals surface area contributed by atoms with Crippen molar-refractivity contribution in [1.29, 1.82) is 0 Å². The van der Waals surface area contributed by atoms with Crippen molar-refractivity contribution in [3.8, 4) is 11.5 Å². The molecule has 0 saturated heterocycles. The average Bonchev–Trinajstić information content (AvgIpc) is 2.11. The molecule has 0 aliphatic carbocycles. The maximum atomic E-state index is 11.2. The standard InChI is InChI=1S/C16H24O3/c1-10(17)19-14-9-13(18)11(15(2,3)4)8-12(14)16(5,6)7/h8-9,18H,1-7H3. The van der Waals surface area contributed by atoms with Crippen LogP contribution in [0.2, 0.25) is 0 Å². The molecule has 0 aromatic heterocycles. The molecule has 1 N–H and O–H groups in total. The highest BCUT2D eigenvalue weighted by Crippen LogP contribution is 2.40. The van der Waals surface area contributed by atoms with E-state index in [0.29, 0.717) is 5.75 Å². The summed E-state index contributed by atoms with van der Waals surface area (Å²) >= 11 is 0. The molecule has 0 aliphatic rings. The fraction of sp³-hybridized carbons (Fsp3) is 0.562. The van der Waals surface area contributed by atoms with Crippen LogP contribution in [0.1, 0.15) is 59.6 Å². The first-order valence-corrected chi connectivity index (χ1v) is 6.49. The van der Waals surface area contributed by atoms with Crippen LogP contribution in [0.4, 0.5) is 0 Å². The number of rotatable bonds is 1. The van der Waals surface area contributed by atoms with Crippen LogP contribution in [0.25, 0.3) is 0 Å².